The summed E-state index contributed by atoms with van der Waals surface area (Å²) >= 11 is 0. The van der Waals surface area contributed by atoms with E-state index in [1.165, 1.54) is 193 Å². The SMILES string of the molecule is CC/C=C\C/C=C\C/C=C\C/C=C\C/C=C\C/C=C\C/C=C\CCCCCCCCCCCCCCCC(=O)OCC(COC(=O)CCCCCCCCCCCCCC)OC(=O)CCCCCCCCCCCCCCC. The number of hydrogen-bond donors (Lipinski definition) is 0. The van der Waals surface area contributed by atoms with E-state index in [0.29, 0.717) is 19.3 Å². The lowest BCUT2D eigenvalue weighted by Gasteiger charge is -2.18. The molecule has 0 radical (unpaired) electrons. The van der Waals surface area contributed by atoms with Crippen LogP contribution < -0.4 is 0 Å². The van der Waals surface area contributed by atoms with Gasteiger partial charge in [0.05, 0.1) is 0 Å². The minimum Gasteiger partial charge on any atom is -0.462 e. The summed E-state index contributed by atoms with van der Waals surface area (Å²) in [7, 11) is 0. The lowest BCUT2D eigenvalue weighted by molar-refractivity contribution is -0.167. The number of allylic oxidation sites excluding steroid dienone is 14. The van der Waals surface area contributed by atoms with Gasteiger partial charge in [-0.1, -0.05) is 324 Å². The highest BCUT2D eigenvalue weighted by molar-refractivity contribution is 5.71. The molecule has 0 aliphatic heterocycles. The quantitative estimate of drug-likeness (QED) is 0.0261. The summed E-state index contributed by atoms with van der Waals surface area (Å²) in [6, 6.07) is 0. The molecule has 0 saturated heterocycles. The molecular formula is C72H126O6. The molecular weight excluding hydrogens is 961 g/mol. The van der Waals surface area contributed by atoms with Crippen LogP contribution in [0.5, 0.6) is 0 Å². The zero-order valence-corrected chi connectivity index (χ0v) is 51.7. The molecule has 0 heterocycles. The molecule has 6 heteroatoms. The van der Waals surface area contributed by atoms with E-state index >= 15 is 0 Å². The Morgan fingerprint density at radius 2 is 0.500 bits per heavy atom. The molecule has 0 aromatic carbocycles. The Bertz CT molecular complexity index is 1480. The first-order valence-electron chi connectivity index (χ1n) is 33.6. The monoisotopic (exact) mass is 1090 g/mol. The van der Waals surface area contributed by atoms with Crippen molar-refractivity contribution in [3.05, 3.63) is 85.1 Å². The van der Waals surface area contributed by atoms with Crippen molar-refractivity contribution in [3.8, 4) is 0 Å². The summed E-state index contributed by atoms with van der Waals surface area (Å²) in [6.45, 7) is 6.56. The van der Waals surface area contributed by atoms with E-state index < -0.39 is 6.10 Å². The van der Waals surface area contributed by atoms with Gasteiger partial charge < -0.3 is 14.2 Å². The second kappa shape index (κ2) is 66.1. The highest BCUT2D eigenvalue weighted by atomic mass is 16.6. The van der Waals surface area contributed by atoms with Gasteiger partial charge in [0.15, 0.2) is 6.10 Å². The standard InChI is InChI=1S/C72H126O6/c1-4-7-10-13-16-19-22-25-26-27-28-29-30-31-32-33-34-35-36-37-38-39-40-41-42-43-44-45-46-48-50-53-56-59-62-65-71(74)77-68-69(67-76-70(73)64-61-58-55-52-49-24-21-18-15-12-9-6-3)78-72(75)66-63-60-57-54-51-47-23-20-17-14-11-8-5-2/h7,10,16,19,25-26,28-29,31-32,34-35,37-38,69H,4-6,8-9,11-15,17-18,20-24,27,30,33,36,39-68H2,1-3H3/b10-7-,19-16-,26-25-,29-28-,32-31-,35-34-,38-37-. The summed E-state index contributed by atoms with van der Waals surface area (Å²) in [6.07, 6.45) is 87.5. The number of carbonyl (C=O) groups is 3. The Morgan fingerprint density at radius 1 is 0.269 bits per heavy atom. The van der Waals surface area contributed by atoms with Crippen LogP contribution in [0.2, 0.25) is 0 Å². The number of unbranched alkanes of at least 4 members (excludes halogenated alkanes) is 36. The van der Waals surface area contributed by atoms with Crippen LogP contribution in [0.4, 0.5) is 0 Å². The summed E-state index contributed by atoms with van der Waals surface area (Å²) < 4.78 is 16.9. The fourth-order valence-electron chi connectivity index (χ4n) is 9.66. The normalized spacial score (nSPS) is 12.6. The van der Waals surface area contributed by atoms with Crippen molar-refractivity contribution in [2.24, 2.45) is 0 Å². The van der Waals surface area contributed by atoms with E-state index in [0.717, 1.165) is 103 Å². The van der Waals surface area contributed by atoms with E-state index in [1.54, 1.807) is 0 Å². The first-order valence-corrected chi connectivity index (χ1v) is 33.6. The molecule has 1 unspecified atom stereocenters. The lowest BCUT2D eigenvalue weighted by atomic mass is 10.0. The molecule has 450 valence electrons. The maximum atomic E-state index is 12.9. The van der Waals surface area contributed by atoms with Gasteiger partial charge in [-0.15, -0.1) is 0 Å². The molecule has 0 spiro atoms. The minimum absolute atomic E-state index is 0.0696. The molecule has 0 fully saturated rings. The summed E-state index contributed by atoms with van der Waals surface area (Å²) in [5, 5.41) is 0. The molecule has 6 nitrogen and oxygen atoms in total. The molecule has 0 aromatic heterocycles. The van der Waals surface area contributed by atoms with Gasteiger partial charge in [0, 0.05) is 19.3 Å². The molecule has 0 rings (SSSR count). The highest BCUT2D eigenvalue weighted by Crippen LogP contribution is 2.17. The van der Waals surface area contributed by atoms with E-state index in [-0.39, 0.29) is 31.1 Å². The smallest absolute Gasteiger partial charge is 0.306 e. The minimum atomic E-state index is -0.771. The molecule has 0 saturated carbocycles. The van der Waals surface area contributed by atoms with Gasteiger partial charge in [0.2, 0.25) is 0 Å². The van der Waals surface area contributed by atoms with Crippen LogP contribution >= 0.6 is 0 Å². The van der Waals surface area contributed by atoms with Gasteiger partial charge in [0.1, 0.15) is 13.2 Å². The maximum absolute atomic E-state index is 12.9. The Morgan fingerprint density at radius 3 is 0.782 bits per heavy atom. The number of ether oxygens (including phenoxy) is 3. The van der Waals surface area contributed by atoms with Crippen molar-refractivity contribution in [2.45, 2.75) is 341 Å². The predicted octanol–water partition coefficient (Wildman–Crippen LogP) is 23.1. The van der Waals surface area contributed by atoms with E-state index in [9.17, 15) is 14.4 Å². The van der Waals surface area contributed by atoms with Gasteiger partial charge in [-0.05, 0) is 77.0 Å². The lowest BCUT2D eigenvalue weighted by Crippen LogP contribution is -2.30. The third-order valence-corrected chi connectivity index (χ3v) is 14.7. The summed E-state index contributed by atoms with van der Waals surface area (Å²) in [4.78, 5) is 38.2. The zero-order valence-electron chi connectivity index (χ0n) is 51.7. The number of carbonyl (C=O) groups excluding carboxylic acids is 3. The predicted molar refractivity (Wildman–Crippen MR) is 339 cm³/mol. The van der Waals surface area contributed by atoms with Crippen molar-refractivity contribution < 1.29 is 28.6 Å². The molecule has 0 bridgehead atoms. The Kier molecular flexibility index (Phi) is 63.2. The Labute approximate surface area is 484 Å². The summed E-state index contributed by atoms with van der Waals surface area (Å²) in [5.74, 6) is -0.854. The fourth-order valence-corrected chi connectivity index (χ4v) is 9.66. The topological polar surface area (TPSA) is 78.9 Å². The van der Waals surface area contributed by atoms with Gasteiger partial charge in [-0.25, -0.2) is 0 Å². The van der Waals surface area contributed by atoms with Crippen LogP contribution in [0.3, 0.4) is 0 Å². The molecule has 0 amide bonds. The van der Waals surface area contributed by atoms with Crippen LogP contribution in [0.15, 0.2) is 85.1 Å². The van der Waals surface area contributed by atoms with E-state index in [4.69, 9.17) is 14.2 Å². The Balaban J connectivity index is 4.11. The highest BCUT2D eigenvalue weighted by Gasteiger charge is 2.19. The number of esters is 3. The van der Waals surface area contributed by atoms with E-state index in [1.807, 2.05) is 0 Å². The number of hydrogen-bond acceptors (Lipinski definition) is 6. The van der Waals surface area contributed by atoms with Crippen LogP contribution in [0.25, 0.3) is 0 Å². The third-order valence-electron chi connectivity index (χ3n) is 14.7. The first-order chi connectivity index (χ1) is 38.5. The fraction of sp³-hybridized carbons (Fsp3) is 0.764. The third kappa shape index (κ3) is 63.4. The van der Waals surface area contributed by atoms with Crippen molar-refractivity contribution in [3.63, 3.8) is 0 Å². The van der Waals surface area contributed by atoms with Gasteiger partial charge >= 0.3 is 17.9 Å². The van der Waals surface area contributed by atoms with Crippen molar-refractivity contribution in [1.82, 2.24) is 0 Å². The van der Waals surface area contributed by atoms with Gasteiger partial charge in [-0.2, -0.15) is 0 Å². The van der Waals surface area contributed by atoms with Crippen molar-refractivity contribution >= 4 is 17.9 Å². The largest absolute Gasteiger partial charge is 0.462 e. The average Bonchev–Trinajstić information content (AvgIpc) is 3.44. The average molecular weight is 1090 g/mol. The molecule has 0 aliphatic carbocycles. The Hall–Kier alpha value is -3.41. The van der Waals surface area contributed by atoms with E-state index in [2.05, 4.69) is 106 Å². The molecule has 1 atom stereocenters. The van der Waals surface area contributed by atoms with Gasteiger partial charge in [0.25, 0.3) is 0 Å². The maximum Gasteiger partial charge on any atom is 0.306 e. The summed E-state index contributed by atoms with van der Waals surface area (Å²) in [5.41, 5.74) is 0. The molecule has 78 heavy (non-hydrogen) atoms. The van der Waals surface area contributed by atoms with Crippen molar-refractivity contribution in [2.75, 3.05) is 13.2 Å². The van der Waals surface area contributed by atoms with Crippen LogP contribution in [-0.4, -0.2) is 37.2 Å². The van der Waals surface area contributed by atoms with Crippen molar-refractivity contribution in [1.29, 1.82) is 0 Å². The zero-order chi connectivity index (χ0) is 56.4. The van der Waals surface area contributed by atoms with Crippen LogP contribution in [0.1, 0.15) is 335 Å². The number of rotatable bonds is 61. The molecule has 0 N–H and O–H groups in total. The first kappa shape index (κ1) is 74.6. The van der Waals surface area contributed by atoms with Gasteiger partial charge in [-0.3, -0.25) is 14.4 Å². The van der Waals surface area contributed by atoms with Crippen LogP contribution in [-0.2, 0) is 28.6 Å². The van der Waals surface area contributed by atoms with Crippen LogP contribution in [0, 0.1) is 0 Å². The molecule has 0 aliphatic rings. The molecule has 0 aromatic rings. The second-order valence-corrected chi connectivity index (χ2v) is 22.4. The second-order valence-electron chi connectivity index (χ2n) is 22.4.